The largest absolute Gasteiger partial charge is 0.504 e. The van der Waals surface area contributed by atoms with Crippen LogP contribution in [0.1, 0.15) is 75.7 Å². The van der Waals surface area contributed by atoms with Crippen molar-refractivity contribution in [1.82, 2.24) is 15.1 Å². The van der Waals surface area contributed by atoms with E-state index in [9.17, 15) is 14.7 Å². The molecule has 2 fully saturated rings. The molecule has 3 heterocycles. The Morgan fingerprint density at radius 1 is 0.829 bits per heavy atom. The summed E-state index contributed by atoms with van der Waals surface area (Å²) >= 11 is 0. The van der Waals surface area contributed by atoms with Crippen molar-refractivity contribution in [3.05, 3.63) is 46.3 Å². The highest BCUT2D eigenvalue weighted by atomic mass is 16.5. The SMILES string of the molecule is COc1cc(C2C3=C(NC4=C2CN(C2CCCCC2)C4=O)C(=O)N(C2CCCCC2)C3)ccc1O. The van der Waals surface area contributed by atoms with Crippen LogP contribution in [0.4, 0.5) is 0 Å². The van der Waals surface area contributed by atoms with Crippen LogP contribution in [-0.2, 0) is 9.59 Å². The van der Waals surface area contributed by atoms with E-state index in [0.717, 1.165) is 68.1 Å². The highest BCUT2D eigenvalue weighted by Gasteiger charge is 2.48. The van der Waals surface area contributed by atoms with Crippen molar-refractivity contribution in [2.24, 2.45) is 0 Å². The number of ether oxygens (including phenoxy) is 1. The van der Waals surface area contributed by atoms with Crippen molar-refractivity contribution < 1.29 is 19.4 Å². The summed E-state index contributed by atoms with van der Waals surface area (Å²) in [5, 5.41) is 13.6. The molecule has 0 unspecified atom stereocenters. The minimum Gasteiger partial charge on any atom is -0.504 e. The van der Waals surface area contributed by atoms with Crippen molar-refractivity contribution in [2.45, 2.75) is 82.2 Å². The monoisotopic (exact) mass is 477 g/mol. The number of amides is 2. The Labute approximate surface area is 206 Å². The van der Waals surface area contributed by atoms with Gasteiger partial charge in [-0.25, -0.2) is 0 Å². The third kappa shape index (κ3) is 3.71. The van der Waals surface area contributed by atoms with E-state index in [1.165, 1.54) is 12.8 Å². The van der Waals surface area contributed by atoms with E-state index in [4.69, 9.17) is 4.74 Å². The summed E-state index contributed by atoms with van der Waals surface area (Å²) in [5.74, 6) is 0.376. The van der Waals surface area contributed by atoms with Crippen molar-refractivity contribution in [3.8, 4) is 11.5 Å². The highest BCUT2D eigenvalue weighted by Crippen LogP contribution is 2.47. The number of hydrogen-bond donors (Lipinski definition) is 2. The quantitative estimate of drug-likeness (QED) is 0.686. The van der Waals surface area contributed by atoms with E-state index in [0.29, 0.717) is 30.2 Å². The van der Waals surface area contributed by atoms with Gasteiger partial charge in [-0.3, -0.25) is 9.59 Å². The second kappa shape index (κ2) is 8.92. The van der Waals surface area contributed by atoms with Gasteiger partial charge in [0.25, 0.3) is 11.8 Å². The number of nitrogens with zero attached hydrogens (tertiary/aromatic N) is 2. The fourth-order valence-corrected chi connectivity index (χ4v) is 6.96. The third-order valence-electron chi connectivity index (χ3n) is 8.79. The van der Waals surface area contributed by atoms with E-state index in [1.807, 2.05) is 21.9 Å². The maximum atomic E-state index is 13.7. The molecule has 0 bridgehead atoms. The zero-order valence-electron chi connectivity index (χ0n) is 20.5. The molecule has 2 amide bonds. The van der Waals surface area contributed by atoms with E-state index in [2.05, 4.69) is 5.32 Å². The molecule has 7 heteroatoms. The molecular formula is C28H35N3O4. The zero-order valence-corrected chi connectivity index (χ0v) is 20.5. The summed E-state index contributed by atoms with van der Waals surface area (Å²) in [4.78, 5) is 31.4. The molecule has 3 aliphatic heterocycles. The first kappa shape index (κ1) is 22.5. The van der Waals surface area contributed by atoms with Crippen LogP contribution in [0.3, 0.4) is 0 Å². The predicted molar refractivity (Wildman–Crippen MR) is 132 cm³/mol. The number of rotatable bonds is 4. The van der Waals surface area contributed by atoms with Crippen LogP contribution in [0.5, 0.6) is 11.5 Å². The van der Waals surface area contributed by atoms with Crippen LogP contribution >= 0.6 is 0 Å². The number of carbonyl (C=O) groups excluding carboxylic acids is 2. The van der Waals surface area contributed by atoms with Gasteiger partial charge >= 0.3 is 0 Å². The molecule has 2 N–H and O–H groups in total. The molecule has 0 spiro atoms. The van der Waals surface area contributed by atoms with Crippen LogP contribution in [-0.4, -0.2) is 59.0 Å². The summed E-state index contributed by atoms with van der Waals surface area (Å²) in [5.41, 5.74) is 4.23. The van der Waals surface area contributed by atoms with Gasteiger partial charge in [-0.05, 0) is 54.5 Å². The Hall–Kier alpha value is -2.96. The van der Waals surface area contributed by atoms with Crippen LogP contribution in [0.2, 0.25) is 0 Å². The molecular weight excluding hydrogens is 442 g/mol. The number of carbonyl (C=O) groups is 2. The summed E-state index contributed by atoms with van der Waals surface area (Å²) in [6.45, 7) is 1.18. The van der Waals surface area contributed by atoms with E-state index in [1.54, 1.807) is 13.2 Å². The normalized spacial score (nSPS) is 24.3. The summed E-state index contributed by atoms with van der Waals surface area (Å²) in [7, 11) is 1.55. The lowest BCUT2D eigenvalue weighted by Crippen LogP contribution is -2.42. The molecule has 0 atom stereocenters. The number of hydrogen-bond acceptors (Lipinski definition) is 5. The van der Waals surface area contributed by atoms with Gasteiger partial charge < -0.3 is 25.0 Å². The zero-order chi connectivity index (χ0) is 24.1. The first-order chi connectivity index (χ1) is 17.1. The molecule has 1 aromatic carbocycles. The van der Waals surface area contributed by atoms with Crippen molar-refractivity contribution >= 4 is 11.8 Å². The standard InChI is InChI=1S/C28H35N3O4/c1-35-23-14-17(12-13-22(23)32)24-20-15-30(18-8-4-2-5-9-18)27(33)25(20)29-26-21(24)16-31(28(26)34)19-10-6-3-7-11-19/h12-14,18-19,24,29,32H,2-11,15-16H2,1H3. The molecule has 6 rings (SSSR count). The number of nitrogens with one attached hydrogen (secondary N) is 1. The predicted octanol–water partition coefficient (Wildman–Crippen LogP) is 3.95. The van der Waals surface area contributed by atoms with E-state index in [-0.39, 0.29) is 35.6 Å². The average molecular weight is 478 g/mol. The Morgan fingerprint density at radius 2 is 1.34 bits per heavy atom. The number of benzene rings is 1. The maximum Gasteiger partial charge on any atom is 0.270 e. The lowest BCUT2D eigenvalue weighted by Gasteiger charge is -2.33. The molecule has 5 aliphatic rings. The lowest BCUT2D eigenvalue weighted by atomic mass is 9.81. The van der Waals surface area contributed by atoms with Crippen LogP contribution in [0.15, 0.2) is 40.7 Å². The van der Waals surface area contributed by atoms with Crippen molar-refractivity contribution in [2.75, 3.05) is 20.2 Å². The third-order valence-corrected chi connectivity index (χ3v) is 8.79. The molecule has 0 radical (unpaired) electrons. The maximum absolute atomic E-state index is 13.7. The number of dihydropyridines is 1. The van der Waals surface area contributed by atoms with E-state index < -0.39 is 0 Å². The second-order valence-corrected chi connectivity index (χ2v) is 10.7. The molecule has 2 saturated carbocycles. The van der Waals surface area contributed by atoms with Crippen molar-refractivity contribution in [3.63, 3.8) is 0 Å². The Morgan fingerprint density at radius 3 is 1.83 bits per heavy atom. The molecule has 7 nitrogen and oxygen atoms in total. The number of aromatic hydroxyl groups is 1. The van der Waals surface area contributed by atoms with Crippen LogP contribution < -0.4 is 10.1 Å². The number of phenols is 1. The van der Waals surface area contributed by atoms with Crippen molar-refractivity contribution in [1.29, 1.82) is 0 Å². The molecule has 186 valence electrons. The van der Waals surface area contributed by atoms with Gasteiger partial charge in [0.15, 0.2) is 11.5 Å². The summed E-state index contributed by atoms with van der Waals surface area (Å²) in [6.07, 6.45) is 11.3. The minimum atomic E-state index is -0.175. The minimum absolute atomic E-state index is 0.0260. The first-order valence-electron chi connectivity index (χ1n) is 13.3. The van der Waals surface area contributed by atoms with Gasteiger partial charge in [-0.15, -0.1) is 0 Å². The average Bonchev–Trinajstić information content (AvgIpc) is 3.41. The van der Waals surface area contributed by atoms with Gasteiger partial charge in [0, 0.05) is 31.1 Å². The van der Waals surface area contributed by atoms with Gasteiger partial charge in [-0.1, -0.05) is 44.6 Å². The number of methoxy groups -OCH3 is 1. The molecule has 0 saturated heterocycles. The molecule has 0 aromatic heterocycles. The number of phenolic OH excluding ortho intramolecular Hbond substituents is 1. The fraction of sp³-hybridized carbons (Fsp3) is 0.571. The molecule has 2 aliphatic carbocycles. The fourth-order valence-electron chi connectivity index (χ4n) is 6.96. The summed E-state index contributed by atoms with van der Waals surface area (Å²) < 4.78 is 5.42. The summed E-state index contributed by atoms with van der Waals surface area (Å²) in [6, 6.07) is 5.96. The Bertz CT molecular complexity index is 1050. The first-order valence-corrected chi connectivity index (χ1v) is 13.3. The van der Waals surface area contributed by atoms with Gasteiger partial charge in [0.05, 0.1) is 7.11 Å². The van der Waals surface area contributed by atoms with Crippen LogP contribution in [0, 0.1) is 0 Å². The topological polar surface area (TPSA) is 82.1 Å². The van der Waals surface area contributed by atoms with Gasteiger partial charge in [0.2, 0.25) is 0 Å². The van der Waals surface area contributed by atoms with Gasteiger partial charge in [-0.2, -0.15) is 0 Å². The van der Waals surface area contributed by atoms with Gasteiger partial charge in [0.1, 0.15) is 11.4 Å². The smallest absolute Gasteiger partial charge is 0.270 e. The molecule has 35 heavy (non-hydrogen) atoms. The van der Waals surface area contributed by atoms with E-state index >= 15 is 0 Å². The van der Waals surface area contributed by atoms with Crippen LogP contribution in [0.25, 0.3) is 0 Å². The Balaban J connectivity index is 1.38. The lowest BCUT2D eigenvalue weighted by molar-refractivity contribution is -0.128. The molecule has 1 aromatic rings. The Kier molecular flexibility index (Phi) is 5.73. The highest BCUT2D eigenvalue weighted by molar-refractivity contribution is 6.04. The second-order valence-electron chi connectivity index (χ2n) is 10.7.